The van der Waals surface area contributed by atoms with Crippen molar-refractivity contribution < 1.29 is 14.0 Å². The number of carbonyl (C=O) groups is 2. The van der Waals surface area contributed by atoms with Crippen molar-refractivity contribution in [2.75, 3.05) is 13.1 Å². The molecule has 1 aliphatic heterocycles. The Balaban J connectivity index is 2.31. The lowest BCUT2D eigenvalue weighted by Crippen LogP contribution is -2.53. The lowest BCUT2D eigenvalue weighted by molar-refractivity contribution is -0.146. The van der Waals surface area contributed by atoms with Crippen LogP contribution in [0.1, 0.15) is 38.3 Å². The number of rotatable bonds is 4. The Morgan fingerprint density at radius 2 is 1.95 bits per heavy atom. The standard InChI is InChI=1S/C16H21FN2O2/c1-3-11(4-2)16(21)19-10-9-18-15(20)14(19)12-5-7-13(17)8-6-12/h5-8,11,14H,3-4,9-10H2,1-2H3,(H,18,20). The molecule has 0 spiro atoms. The SMILES string of the molecule is CCC(CC)C(=O)N1CCNC(=O)C1c1ccc(F)cc1. The zero-order chi connectivity index (χ0) is 15.4. The van der Waals surface area contributed by atoms with Gasteiger partial charge < -0.3 is 10.2 Å². The van der Waals surface area contributed by atoms with Crippen molar-refractivity contribution in [2.24, 2.45) is 5.92 Å². The van der Waals surface area contributed by atoms with Crippen molar-refractivity contribution in [3.05, 3.63) is 35.6 Å². The van der Waals surface area contributed by atoms with Gasteiger partial charge in [0.05, 0.1) is 0 Å². The lowest BCUT2D eigenvalue weighted by atomic mass is 9.97. The van der Waals surface area contributed by atoms with Gasteiger partial charge in [-0.05, 0) is 30.5 Å². The summed E-state index contributed by atoms with van der Waals surface area (Å²) in [6.07, 6.45) is 1.51. The molecule has 1 heterocycles. The van der Waals surface area contributed by atoms with Gasteiger partial charge in [0.25, 0.3) is 0 Å². The molecular weight excluding hydrogens is 271 g/mol. The normalized spacial score (nSPS) is 18.8. The second kappa shape index (κ2) is 6.70. The third kappa shape index (κ3) is 3.23. The van der Waals surface area contributed by atoms with E-state index < -0.39 is 6.04 Å². The predicted octanol–water partition coefficient (Wildman–Crippen LogP) is 2.26. The van der Waals surface area contributed by atoms with E-state index in [-0.39, 0.29) is 23.5 Å². The van der Waals surface area contributed by atoms with Crippen LogP contribution in [0.15, 0.2) is 24.3 Å². The van der Waals surface area contributed by atoms with Crippen molar-refractivity contribution in [1.82, 2.24) is 10.2 Å². The molecule has 1 fully saturated rings. The van der Waals surface area contributed by atoms with Gasteiger partial charge in [-0.1, -0.05) is 26.0 Å². The highest BCUT2D eigenvalue weighted by molar-refractivity contribution is 5.90. The Labute approximate surface area is 124 Å². The van der Waals surface area contributed by atoms with Gasteiger partial charge in [-0.25, -0.2) is 4.39 Å². The first-order valence-electron chi connectivity index (χ1n) is 7.42. The van der Waals surface area contributed by atoms with E-state index >= 15 is 0 Å². The van der Waals surface area contributed by atoms with E-state index in [2.05, 4.69) is 5.32 Å². The molecule has 114 valence electrons. The topological polar surface area (TPSA) is 49.4 Å². The van der Waals surface area contributed by atoms with E-state index in [4.69, 9.17) is 0 Å². The van der Waals surface area contributed by atoms with Crippen LogP contribution < -0.4 is 5.32 Å². The van der Waals surface area contributed by atoms with Crippen LogP contribution in [0.4, 0.5) is 4.39 Å². The number of halogens is 1. The molecule has 0 aliphatic carbocycles. The summed E-state index contributed by atoms with van der Waals surface area (Å²) >= 11 is 0. The molecule has 21 heavy (non-hydrogen) atoms. The second-order valence-electron chi connectivity index (χ2n) is 5.29. The van der Waals surface area contributed by atoms with Gasteiger partial charge in [0.15, 0.2) is 0 Å². The molecule has 1 atom stereocenters. The number of nitrogens with zero attached hydrogens (tertiary/aromatic N) is 1. The van der Waals surface area contributed by atoms with Crippen molar-refractivity contribution >= 4 is 11.8 Å². The Morgan fingerprint density at radius 3 is 2.52 bits per heavy atom. The van der Waals surface area contributed by atoms with Crippen molar-refractivity contribution in [2.45, 2.75) is 32.7 Å². The van der Waals surface area contributed by atoms with Crippen LogP contribution in [0.5, 0.6) is 0 Å². The van der Waals surface area contributed by atoms with E-state index in [1.807, 2.05) is 13.8 Å². The second-order valence-corrected chi connectivity index (χ2v) is 5.29. The maximum absolute atomic E-state index is 13.1. The average Bonchev–Trinajstić information content (AvgIpc) is 2.49. The Hall–Kier alpha value is -1.91. The fraction of sp³-hybridized carbons (Fsp3) is 0.500. The molecule has 1 unspecified atom stereocenters. The molecule has 0 radical (unpaired) electrons. The van der Waals surface area contributed by atoms with E-state index in [9.17, 15) is 14.0 Å². The highest BCUT2D eigenvalue weighted by Crippen LogP contribution is 2.26. The van der Waals surface area contributed by atoms with Gasteiger partial charge >= 0.3 is 0 Å². The molecule has 1 saturated heterocycles. The van der Waals surface area contributed by atoms with Crippen LogP contribution in [-0.4, -0.2) is 29.8 Å². The van der Waals surface area contributed by atoms with Gasteiger partial charge in [-0.2, -0.15) is 0 Å². The molecule has 4 nitrogen and oxygen atoms in total. The zero-order valence-corrected chi connectivity index (χ0v) is 12.4. The average molecular weight is 292 g/mol. The Morgan fingerprint density at radius 1 is 1.33 bits per heavy atom. The van der Waals surface area contributed by atoms with Crippen molar-refractivity contribution in [1.29, 1.82) is 0 Å². The summed E-state index contributed by atoms with van der Waals surface area (Å²) < 4.78 is 13.1. The smallest absolute Gasteiger partial charge is 0.247 e. The van der Waals surface area contributed by atoms with E-state index in [0.29, 0.717) is 18.7 Å². The fourth-order valence-electron chi connectivity index (χ4n) is 2.75. The molecule has 1 aromatic rings. The van der Waals surface area contributed by atoms with Gasteiger partial charge in [-0.3, -0.25) is 9.59 Å². The Kier molecular flexibility index (Phi) is 4.94. The molecule has 1 aliphatic rings. The van der Waals surface area contributed by atoms with Crippen LogP contribution in [0.3, 0.4) is 0 Å². The fourth-order valence-corrected chi connectivity index (χ4v) is 2.75. The highest BCUT2D eigenvalue weighted by Gasteiger charge is 2.36. The number of hydrogen-bond acceptors (Lipinski definition) is 2. The summed E-state index contributed by atoms with van der Waals surface area (Å²) in [5, 5.41) is 2.78. The quantitative estimate of drug-likeness (QED) is 0.925. The number of hydrogen-bond donors (Lipinski definition) is 1. The van der Waals surface area contributed by atoms with Crippen LogP contribution >= 0.6 is 0 Å². The molecule has 0 bridgehead atoms. The maximum Gasteiger partial charge on any atom is 0.247 e. The zero-order valence-electron chi connectivity index (χ0n) is 12.4. The predicted molar refractivity (Wildman–Crippen MR) is 77.9 cm³/mol. The molecular formula is C16H21FN2O2. The summed E-state index contributed by atoms with van der Waals surface area (Å²) in [6.45, 7) is 4.90. The lowest BCUT2D eigenvalue weighted by Gasteiger charge is -2.37. The van der Waals surface area contributed by atoms with Gasteiger partial charge in [0.1, 0.15) is 11.9 Å². The number of benzene rings is 1. The van der Waals surface area contributed by atoms with Crippen molar-refractivity contribution in [3.8, 4) is 0 Å². The minimum absolute atomic E-state index is 0.00387. The first kappa shape index (κ1) is 15.5. The van der Waals surface area contributed by atoms with Crippen LogP contribution in [0.2, 0.25) is 0 Å². The van der Waals surface area contributed by atoms with E-state index in [0.717, 1.165) is 12.8 Å². The molecule has 1 N–H and O–H groups in total. The number of nitrogens with one attached hydrogen (secondary N) is 1. The van der Waals surface area contributed by atoms with E-state index in [1.165, 1.54) is 12.1 Å². The van der Waals surface area contributed by atoms with Gasteiger partial charge in [-0.15, -0.1) is 0 Å². The first-order valence-corrected chi connectivity index (χ1v) is 7.42. The highest BCUT2D eigenvalue weighted by atomic mass is 19.1. The monoisotopic (exact) mass is 292 g/mol. The first-order chi connectivity index (χ1) is 10.1. The maximum atomic E-state index is 13.1. The van der Waals surface area contributed by atoms with Gasteiger partial charge in [0.2, 0.25) is 11.8 Å². The molecule has 1 aromatic carbocycles. The number of amides is 2. The molecule has 0 aromatic heterocycles. The molecule has 0 saturated carbocycles. The third-order valence-electron chi connectivity index (χ3n) is 4.02. The summed E-state index contributed by atoms with van der Waals surface area (Å²) in [6, 6.07) is 5.11. The summed E-state index contributed by atoms with van der Waals surface area (Å²) in [4.78, 5) is 26.5. The summed E-state index contributed by atoms with van der Waals surface area (Å²) in [5.41, 5.74) is 0.646. The van der Waals surface area contributed by atoms with E-state index in [1.54, 1.807) is 17.0 Å². The number of carbonyl (C=O) groups excluding carboxylic acids is 2. The largest absolute Gasteiger partial charge is 0.352 e. The molecule has 5 heteroatoms. The minimum atomic E-state index is -0.660. The molecule has 2 rings (SSSR count). The summed E-state index contributed by atoms with van der Waals surface area (Å²) in [7, 11) is 0. The van der Waals surface area contributed by atoms with Crippen LogP contribution in [-0.2, 0) is 9.59 Å². The third-order valence-corrected chi connectivity index (χ3v) is 4.02. The summed E-state index contributed by atoms with van der Waals surface area (Å²) in [5.74, 6) is -0.622. The van der Waals surface area contributed by atoms with Crippen LogP contribution in [0.25, 0.3) is 0 Å². The van der Waals surface area contributed by atoms with Crippen molar-refractivity contribution in [3.63, 3.8) is 0 Å². The Bertz CT molecular complexity index is 512. The number of piperazine rings is 1. The minimum Gasteiger partial charge on any atom is -0.352 e. The van der Waals surface area contributed by atoms with Gasteiger partial charge in [0, 0.05) is 19.0 Å². The molecule has 2 amide bonds. The van der Waals surface area contributed by atoms with Crippen LogP contribution in [0, 0.1) is 11.7 Å².